The molecule has 2 aliphatic carbocycles. The van der Waals surface area contributed by atoms with Gasteiger partial charge >= 0.3 is 12.1 Å². The second kappa shape index (κ2) is 8.50. The highest BCUT2D eigenvalue weighted by molar-refractivity contribution is 5.85. The summed E-state index contributed by atoms with van der Waals surface area (Å²) in [6.45, 7) is 0.274. The summed E-state index contributed by atoms with van der Waals surface area (Å²) in [6.07, 6.45) is 1.80. The number of hydrogen-bond donors (Lipinski definition) is 2. The van der Waals surface area contributed by atoms with Crippen molar-refractivity contribution in [3.05, 3.63) is 89.5 Å². The molecule has 0 bridgehead atoms. The van der Waals surface area contributed by atoms with Gasteiger partial charge in [0.15, 0.2) is 0 Å². The Hall–Kier alpha value is -3.60. The Kier molecular flexibility index (Phi) is 5.39. The van der Waals surface area contributed by atoms with Crippen LogP contribution in [-0.2, 0) is 9.53 Å². The zero-order valence-corrected chi connectivity index (χ0v) is 17.7. The number of carbonyl (C=O) groups is 2. The predicted molar refractivity (Wildman–Crippen MR) is 123 cm³/mol. The highest BCUT2D eigenvalue weighted by Gasteiger charge is 2.31. The topological polar surface area (TPSA) is 75.6 Å². The molecule has 0 unspecified atom stereocenters. The molecule has 5 heteroatoms. The Morgan fingerprint density at radius 1 is 0.875 bits per heavy atom. The predicted octanol–water partition coefficient (Wildman–Crippen LogP) is 6.02. The van der Waals surface area contributed by atoms with Crippen molar-refractivity contribution in [3.8, 4) is 11.1 Å². The van der Waals surface area contributed by atoms with Gasteiger partial charge in [-0.3, -0.25) is 10.1 Å². The molecule has 1 fully saturated rings. The molecule has 0 spiro atoms. The first-order chi connectivity index (χ1) is 15.6. The van der Waals surface area contributed by atoms with Crippen LogP contribution < -0.4 is 5.32 Å². The molecule has 0 aliphatic heterocycles. The molecule has 1 saturated carbocycles. The van der Waals surface area contributed by atoms with E-state index in [4.69, 9.17) is 4.74 Å². The molecule has 0 aromatic heterocycles. The standard InChI is InChI=1S/C27H25NO4/c29-26(30)19-10-9-18(15-19)17-11-13-20(14-12-17)28-27(31)32-16-25-23-7-3-1-5-21(23)22-6-2-4-8-24(22)25/h1-8,11-14,18-19,25H,9-10,15-16H2,(H,28,31)(H,29,30)/t18-,19-/m1/s1. The SMILES string of the molecule is O=C(Nc1ccc([C@@H]2CC[C@@H](C(=O)O)C2)cc1)OCC1c2ccccc2-c2ccccc21. The van der Waals surface area contributed by atoms with E-state index < -0.39 is 12.1 Å². The summed E-state index contributed by atoms with van der Waals surface area (Å²) in [4.78, 5) is 23.6. The van der Waals surface area contributed by atoms with Crippen molar-refractivity contribution in [1.29, 1.82) is 0 Å². The van der Waals surface area contributed by atoms with Gasteiger partial charge in [-0.05, 0) is 65.1 Å². The minimum atomic E-state index is -0.707. The lowest BCUT2D eigenvalue weighted by Crippen LogP contribution is -2.17. The number of carboxylic acids is 1. The molecule has 2 atom stereocenters. The van der Waals surface area contributed by atoms with E-state index in [0.29, 0.717) is 12.1 Å². The smallest absolute Gasteiger partial charge is 0.411 e. The fraction of sp³-hybridized carbons (Fsp3) is 0.259. The van der Waals surface area contributed by atoms with Crippen molar-refractivity contribution in [2.75, 3.05) is 11.9 Å². The number of fused-ring (bicyclic) bond motifs is 3. The van der Waals surface area contributed by atoms with E-state index in [-0.39, 0.29) is 24.4 Å². The molecule has 3 aromatic rings. The zero-order valence-electron chi connectivity index (χ0n) is 17.7. The van der Waals surface area contributed by atoms with Crippen LogP contribution >= 0.6 is 0 Å². The molecule has 32 heavy (non-hydrogen) atoms. The second-order valence-corrected chi connectivity index (χ2v) is 8.62. The molecular formula is C27H25NO4. The van der Waals surface area contributed by atoms with E-state index in [1.165, 1.54) is 22.3 Å². The minimum absolute atomic E-state index is 0.0278. The number of amides is 1. The maximum Gasteiger partial charge on any atom is 0.411 e. The Morgan fingerprint density at radius 3 is 2.09 bits per heavy atom. The molecule has 0 radical (unpaired) electrons. The minimum Gasteiger partial charge on any atom is -0.481 e. The Bertz CT molecular complexity index is 1110. The highest BCUT2D eigenvalue weighted by atomic mass is 16.5. The summed E-state index contributed by atoms with van der Waals surface area (Å²) in [6, 6.07) is 24.1. The van der Waals surface area contributed by atoms with Crippen LogP contribution in [0.4, 0.5) is 10.5 Å². The number of ether oxygens (including phenoxy) is 1. The zero-order chi connectivity index (χ0) is 22.1. The molecule has 0 saturated heterocycles. The van der Waals surface area contributed by atoms with E-state index in [9.17, 15) is 14.7 Å². The third-order valence-electron chi connectivity index (χ3n) is 6.75. The maximum atomic E-state index is 12.5. The van der Waals surface area contributed by atoms with Crippen LogP contribution in [0, 0.1) is 5.92 Å². The van der Waals surface area contributed by atoms with Crippen LogP contribution in [0.2, 0.25) is 0 Å². The van der Waals surface area contributed by atoms with Gasteiger partial charge in [0.05, 0.1) is 5.92 Å². The van der Waals surface area contributed by atoms with Gasteiger partial charge in [-0.25, -0.2) is 4.79 Å². The Morgan fingerprint density at radius 2 is 1.50 bits per heavy atom. The molecule has 162 valence electrons. The highest BCUT2D eigenvalue weighted by Crippen LogP contribution is 2.44. The first kappa shape index (κ1) is 20.3. The third-order valence-corrected chi connectivity index (χ3v) is 6.75. The quantitative estimate of drug-likeness (QED) is 0.522. The van der Waals surface area contributed by atoms with Gasteiger partial charge in [-0.15, -0.1) is 0 Å². The summed E-state index contributed by atoms with van der Waals surface area (Å²) in [5, 5.41) is 12.0. The fourth-order valence-electron chi connectivity index (χ4n) is 5.10. The summed E-state index contributed by atoms with van der Waals surface area (Å²) in [7, 11) is 0. The first-order valence-electron chi connectivity index (χ1n) is 11.0. The first-order valence-corrected chi connectivity index (χ1v) is 11.0. The second-order valence-electron chi connectivity index (χ2n) is 8.62. The molecule has 1 amide bonds. The van der Waals surface area contributed by atoms with Crippen LogP contribution in [0.5, 0.6) is 0 Å². The number of benzene rings is 3. The van der Waals surface area contributed by atoms with Crippen LogP contribution in [0.3, 0.4) is 0 Å². The fourth-order valence-corrected chi connectivity index (χ4v) is 5.10. The van der Waals surface area contributed by atoms with Gasteiger partial charge in [0.2, 0.25) is 0 Å². The van der Waals surface area contributed by atoms with Crippen LogP contribution in [0.1, 0.15) is 47.8 Å². The van der Waals surface area contributed by atoms with Crippen molar-refractivity contribution in [1.82, 2.24) is 0 Å². The van der Waals surface area contributed by atoms with Crippen LogP contribution in [0.25, 0.3) is 11.1 Å². The van der Waals surface area contributed by atoms with Crippen molar-refractivity contribution in [3.63, 3.8) is 0 Å². The van der Waals surface area contributed by atoms with Crippen molar-refractivity contribution in [2.24, 2.45) is 5.92 Å². The monoisotopic (exact) mass is 427 g/mol. The van der Waals surface area contributed by atoms with Crippen molar-refractivity contribution >= 4 is 17.7 Å². The molecule has 2 N–H and O–H groups in total. The Balaban J connectivity index is 1.20. The number of hydrogen-bond acceptors (Lipinski definition) is 3. The number of aliphatic carboxylic acids is 1. The third kappa shape index (κ3) is 3.86. The average Bonchev–Trinajstić information content (AvgIpc) is 3.42. The van der Waals surface area contributed by atoms with Gasteiger partial charge in [0.25, 0.3) is 0 Å². The Labute approximate surface area is 187 Å². The lowest BCUT2D eigenvalue weighted by Gasteiger charge is -2.15. The van der Waals surface area contributed by atoms with Gasteiger partial charge in [0, 0.05) is 11.6 Å². The van der Waals surface area contributed by atoms with Gasteiger partial charge in [-0.2, -0.15) is 0 Å². The number of anilines is 1. The van der Waals surface area contributed by atoms with Crippen molar-refractivity contribution in [2.45, 2.75) is 31.1 Å². The van der Waals surface area contributed by atoms with E-state index in [1.807, 2.05) is 48.5 Å². The normalized spacial score (nSPS) is 19.2. The number of carboxylic acid groups (broad SMARTS) is 1. The van der Waals surface area contributed by atoms with Crippen LogP contribution in [0.15, 0.2) is 72.8 Å². The summed E-state index contributed by atoms with van der Waals surface area (Å²) in [5.41, 5.74) is 6.55. The number of carbonyl (C=O) groups excluding carboxylic acids is 1. The number of rotatable bonds is 5. The van der Waals surface area contributed by atoms with Gasteiger partial charge in [-0.1, -0.05) is 60.7 Å². The van der Waals surface area contributed by atoms with Gasteiger partial charge in [0.1, 0.15) is 6.61 Å². The summed E-state index contributed by atoms with van der Waals surface area (Å²) in [5.74, 6) is -0.667. The average molecular weight is 428 g/mol. The lowest BCUT2D eigenvalue weighted by molar-refractivity contribution is -0.141. The molecule has 5 nitrogen and oxygen atoms in total. The van der Waals surface area contributed by atoms with Crippen LogP contribution in [-0.4, -0.2) is 23.8 Å². The maximum absolute atomic E-state index is 12.5. The largest absolute Gasteiger partial charge is 0.481 e. The summed E-state index contributed by atoms with van der Waals surface area (Å²) < 4.78 is 5.60. The van der Waals surface area contributed by atoms with Gasteiger partial charge < -0.3 is 9.84 Å². The van der Waals surface area contributed by atoms with E-state index in [0.717, 1.165) is 18.4 Å². The molecule has 5 rings (SSSR count). The molecular weight excluding hydrogens is 402 g/mol. The van der Waals surface area contributed by atoms with E-state index in [2.05, 4.69) is 29.6 Å². The van der Waals surface area contributed by atoms with Crippen molar-refractivity contribution < 1.29 is 19.4 Å². The number of nitrogens with one attached hydrogen (secondary N) is 1. The molecule has 2 aliphatic rings. The molecule has 0 heterocycles. The summed E-state index contributed by atoms with van der Waals surface area (Å²) >= 11 is 0. The molecule has 3 aromatic carbocycles. The van der Waals surface area contributed by atoms with E-state index in [1.54, 1.807) is 0 Å². The van der Waals surface area contributed by atoms with E-state index >= 15 is 0 Å². The lowest BCUT2D eigenvalue weighted by atomic mass is 9.96.